The fourth-order valence-corrected chi connectivity index (χ4v) is 3.36. The number of imidazole rings is 1. The molecule has 26 heavy (non-hydrogen) atoms. The number of para-hydroxylation sites is 2. The van der Waals surface area contributed by atoms with Crippen molar-refractivity contribution >= 4 is 52.3 Å². The van der Waals surface area contributed by atoms with E-state index in [1.807, 2.05) is 24.4 Å². The third-order valence-corrected chi connectivity index (χ3v) is 5.04. The van der Waals surface area contributed by atoms with Crippen LogP contribution < -0.4 is 10.6 Å². The molecule has 0 saturated carbocycles. The van der Waals surface area contributed by atoms with Crippen LogP contribution in [-0.4, -0.2) is 34.5 Å². The lowest BCUT2D eigenvalue weighted by atomic mass is 10.3. The van der Waals surface area contributed by atoms with Crippen molar-refractivity contribution in [2.75, 3.05) is 13.6 Å². The molecule has 6 nitrogen and oxygen atoms in total. The molecule has 0 amide bonds. The van der Waals surface area contributed by atoms with Crippen molar-refractivity contribution in [1.82, 2.24) is 25.6 Å². The summed E-state index contributed by atoms with van der Waals surface area (Å²) >= 11 is 1.74. The van der Waals surface area contributed by atoms with E-state index in [2.05, 4.69) is 43.6 Å². The zero-order valence-corrected chi connectivity index (χ0v) is 18.2. The quantitative estimate of drug-likeness (QED) is 0.208. The Balaban J connectivity index is 0.00000243. The number of hydrogen-bond acceptors (Lipinski definition) is 4. The van der Waals surface area contributed by atoms with Crippen LogP contribution in [0.5, 0.6) is 0 Å². The van der Waals surface area contributed by atoms with Crippen LogP contribution in [0, 0.1) is 0 Å². The first-order valence-corrected chi connectivity index (χ1v) is 9.42. The van der Waals surface area contributed by atoms with Gasteiger partial charge in [0.15, 0.2) is 5.96 Å². The lowest BCUT2D eigenvalue weighted by Crippen LogP contribution is -2.37. The second-order valence-corrected chi connectivity index (χ2v) is 6.93. The third-order valence-electron chi connectivity index (χ3n) is 3.90. The van der Waals surface area contributed by atoms with Crippen LogP contribution >= 0.6 is 35.3 Å². The summed E-state index contributed by atoms with van der Waals surface area (Å²) in [4.78, 5) is 17.9. The molecule has 8 heteroatoms. The summed E-state index contributed by atoms with van der Waals surface area (Å²) in [5.74, 6) is 1.83. The highest BCUT2D eigenvalue weighted by Gasteiger charge is 2.04. The topological polar surface area (TPSA) is 78.0 Å². The Morgan fingerprint density at radius 1 is 1.27 bits per heavy atom. The number of fused-ring (bicyclic) bond motifs is 1. The fraction of sp³-hybridized carbons (Fsp3) is 0.389. The van der Waals surface area contributed by atoms with Gasteiger partial charge < -0.3 is 15.6 Å². The lowest BCUT2D eigenvalue weighted by Gasteiger charge is -2.10. The van der Waals surface area contributed by atoms with Crippen LogP contribution in [0.25, 0.3) is 11.0 Å². The number of aromatic amines is 1. The molecule has 0 aliphatic rings. The summed E-state index contributed by atoms with van der Waals surface area (Å²) < 4.78 is 0. The molecule has 0 aliphatic carbocycles. The molecule has 2 aromatic heterocycles. The average molecular weight is 484 g/mol. The number of H-pyrrole nitrogens is 1. The van der Waals surface area contributed by atoms with Gasteiger partial charge in [-0.05, 0) is 25.0 Å². The van der Waals surface area contributed by atoms with Gasteiger partial charge in [0.05, 0.1) is 17.6 Å². The van der Waals surface area contributed by atoms with E-state index in [0.29, 0.717) is 6.54 Å². The van der Waals surface area contributed by atoms with Gasteiger partial charge in [0, 0.05) is 31.1 Å². The Morgan fingerprint density at radius 2 is 2.12 bits per heavy atom. The number of guanidine groups is 1. The molecule has 0 spiro atoms. The normalized spacial score (nSPS) is 11.4. The van der Waals surface area contributed by atoms with E-state index >= 15 is 0 Å². The molecular weight excluding hydrogens is 459 g/mol. The van der Waals surface area contributed by atoms with Crippen LogP contribution in [0.3, 0.4) is 0 Å². The van der Waals surface area contributed by atoms with E-state index in [4.69, 9.17) is 0 Å². The summed E-state index contributed by atoms with van der Waals surface area (Å²) in [6, 6.07) is 8.11. The maximum atomic E-state index is 4.60. The largest absolute Gasteiger partial charge is 0.356 e. The summed E-state index contributed by atoms with van der Waals surface area (Å²) in [7, 11) is 1.79. The van der Waals surface area contributed by atoms with Crippen LogP contribution in [0.1, 0.15) is 29.1 Å². The highest BCUT2D eigenvalue weighted by molar-refractivity contribution is 14.0. The monoisotopic (exact) mass is 484 g/mol. The summed E-state index contributed by atoms with van der Waals surface area (Å²) in [6.45, 7) is 3.69. The minimum atomic E-state index is 0. The standard InChI is InChI=1S/C18H24N6S.HI/c1-3-13-11-21-17(25-13)12-22-18(19-2)20-10-6-9-16-23-14-7-4-5-8-15(14)24-16;/h4-5,7-8,11H,3,6,9-10,12H2,1-2H3,(H,23,24)(H2,19,20,22);1H. The molecule has 0 fully saturated rings. The SMILES string of the molecule is CCc1cnc(CNC(=NC)NCCCc2nc3ccccc3[nH]2)s1.I. The minimum absolute atomic E-state index is 0. The molecule has 0 bridgehead atoms. The number of thiazole rings is 1. The lowest BCUT2D eigenvalue weighted by molar-refractivity contribution is 0.725. The maximum Gasteiger partial charge on any atom is 0.191 e. The van der Waals surface area contributed by atoms with Crippen LogP contribution in [-0.2, 0) is 19.4 Å². The Labute approximate surface area is 175 Å². The van der Waals surface area contributed by atoms with Gasteiger partial charge in [-0.1, -0.05) is 19.1 Å². The predicted octanol–water partition coefficient (Wildman–Crippen LogP) is 3.50. The smallest absolute Gasteiger partial charge is 0.191 e. The third kappa shape index (κ3) is 5.66. The van der Waals surface area contributed by atoms with Crippen molar-refractivity contribution in [1.29, 1.82) is 0 Å². The Kier molecular flexibility index (Phi) is 8.30. The van der Waals surface area contributed by atoms with Gasteiger partial charge in [0.1, 0.15) is 10.8 Å². The average Bonchev–Trinajstić information content (AvgIpc) is 3.27. The van der Waals surface area contributed by atoms with Crippen LogP contribution in [0.15, 0.2) is 35.5 Å². The van der Waals surface area contributed by atoms with Gasteiger partial charge in [-0.3, -0.25) is 4.99 Å². The molecule has 2 heterocycles. The maximum absolute atomic E-state index is 4.60. The van der Waals surface area contributed by atoms with E-state index in [9.17, 15) is 0 Å². The Hall–Kier alpha value is -1.68. The van der Waals surface area contributed by atoms with Crippen molar-refractivity contribution < 1.29 is 0 Å². The number of nitrogens with zero attached hydrogens (tertiary/aromatic N) is 3. The molecule has 0 atom stereocenters. The predicted molar refractivity (Wildman–Crippen MR) is 120 cm³/mol. The minimum Gasteiger partial charge on any atom is -0.356 e. The van der Waals surface area contributed by atoms with Crippen LogP contribution in [0.2, 0.25) is 0 Å². The van der Waals surface area contributed by atoms with E-state index in [1.165, 1.54) is 4.88 Å². The fourth-order valence-electron chi connectivity index (χ4n) is 2.56. The molecule has 3 rings (SSSR count). The Morgan fingerprint density at radius 3 is 2.85 bits per heavy atom. The number of rotatable bonds is 7. The molecular formula is C18H25IN6S. The molecule has 3 aromatic rings. The summed E-state index contributed by atoms with van der Waals surface area (Å²) in [5.41, 5.74) is 2.12. The Bertz CT molecular complexity index is 808. The molecule has 0 radical (unpaired) electrons. The zero-order chi connectivity index (χ0) is 17.5. The number of halogens is 1. The number of aliphatic imine (C=N–C) groups is 1. The summed E-state index contributed by atoms with van der Waals surface area (Å²) in [5, 5.41) is 7.73. The highest BCUT2D eigenvalue weighted by atomic mass is 127. The van der Waals surface area contributed by atoms with Crippen molar-refractivity contribution in [3.05, 3.63) is 46.2 Å². The van der Waals surface area contributed by atoms with E-state index < -0.39 is 0 Å². The van der Waals surface area contributed by atoms with Crippen molar-refractivity contribution in [2.24, 2.45) is 4.99 Å². The van der Waals surface area contributed by atoms with E-state index in [0.717, 1.165) is 53.6 Å². The van der Waals surface area contributed by atoms with Gasteiger partial charge in [0.25, 0.3) is 0 Å². The first-order chi connectivity index (χ1) is 12.3. The van der Waals surface area contributed by atoms with E-state index in [1.54, 1.807) is 18.4 Å². The molecule has 0 saturated heterocycles. The van der Waals surface area contributed by atoms with Crippen molar-refractivity contribution in [3.8, 4) is 0 Å². The number of aryl methyl sites for hydroxylation is 2. The van der Waals surface area contributed by atoms with Crippen molar-refractivity contribution in [3.63, 3.8) is 0 Å². The molecule has 140 valence electrons. The summed E-state index contributed by atoms with van der Waals surface area (Å²) in [6.07, 6.45) is 4.88. The number of hydrogen-bond donors (Lipinski definition) is 3. The second-order valence-electron chi connectivity index (χ2n) is 5.73. The number of nitrogens with one attached hydrogen (secondary N) is 3. The molecule has 0 unspecified atom stereocenters. The van der Waals surface area contributed by atoms with Crippen LogP contribution in [0.4, 0.5) is 0 Å². The zero-order valence-electron chi connectivity index (χ0n) is 15.1. The van der Waals surface area contributed by atoms with Gasteiger partial charge >= 0.3 is 0 Å². The highest BCUT2D eigenvalue weighted by Crippen LogP contribution is 2.13. The number of aromatic nitrogens is 3. The van der Waals surface area contributed by atoms with Gasteiger partial charge in [-0.2, -0.15) is 0 Å². The molecule has 0 aliphatic heterocycles. The first kappa shape index (κ1) is 20.6. The van der Waals surface area contributed by atoms with Crippen molar-refractivity contribution in [2.45, 2.75) is 32.7 Å². The first-order valence-electron chi connectivity index (χ1n) is 8.60. The van der Waals surface area contributed by atoms with Gasteiger partial charge in [-0.25, -0.2) is 9.97 Å². The second kappa shape index (κ2) is 10.5. The van der Waals surface area contributed by atoms with Gasteiger partial charge in [-0.15, -0.1) is 35.3 Å². The molecule has 1 aromatic carbocycles. The van der Waals surface area contributed by atoms with Gasteiger partial charge in [0.2, 0.25) is 0 Å². The van der Waals surface area contributed by atoms with E-state index in [-0.39, 0.29) is 24.0 Å². The molecule has 3 N–H and O–H groups in total. The number of benzene rings is 1.